The first-order chi connectivity index (χ1) is 15.7. The third-order valence-corrected chi connectivity index (χ3v) is 8.04. The Morgan fingerprint density at radius 3 is 2.38 bits per heavy atom. The van der Waals surface area contributed by atoms with Gasteiger partial charge in [0.05, 0.1) is 17.7 Å². The lowest BCUT2D eigenvalue weighted by molar-refractivity contribution is -0.138. The zero-order valence-electron chi connectivity index (χ0n) is 20.7. The Morgan fingerprint density at radius 2 is 1.85 bits per heavy atom. The van der Waals surface area contributed by atoms with E-state index in [-0.39, 0.29) is 36.4 Å². The first kappa shape index (κ1) is 28.2. The van der Waals surface area contributed by atoms with Gasteiger partial charge in [0.1, 0.15) is 5.60 Å². The molecule has 1 aromatic rings. The number of ether oxygens (including phenoxy) is 2. The molecule has 1 heterocycles. The molecule has 0 spiro atoms. The van der Waals surface area contributed by atoms with E-state index in [4.69, 9.17) is 15.2 Å². The first-order valence-corrected chi connectivity index (χ1v) is 13.0. The minimum absolute atomic E-state index is 0.0202. The maximum atomic E-state index is 14.1. The highest BCUT2D eigenvalue weighted by Crippen LogP contribution is 2.45. The first-order valence-electron chi connectivity index (χ1n) is 11.3. The predicted octanol–water partition coefficient (Wildman–Crippen LogP) is 5.45. The topological polar surface area (TPSA) is 85.1 Å². The van der Waals surface area contributed by atoms with Crippen LogP contribution in [-0.2, 0) is 28.6 Å². The molecular formula is C23H35F3N3O4P. The molecule has 11 heteroatoms. The summed E-state index contributed by atoms with van der Waals surface area (Å²) >= 11 is 0. The number of nitrogen functional groups attached to an aromatic ring is 1. The van der Waals surface area contributed by atoms with Crippen molar-refractivity contribution in [3.05, 3.63) is 28.3 Å². The van der Waals surface area contributed by atoms with E-state index in [1.807, 2.05) is 4.90 Å². The molecule has 192 valence electrons. The molecule has 1 fully saturated rings. The summed E-state index contributed by atoms with van der Waals surface area (Å²) in [6, 6.07) is 0.807. The van der Waals surface area contributed by atoms with E-state index >= 15 is 0 Å². The lowest BCUT2D eigenvalue weighted by Crippen LogP contribution is -2.38. The number of anilines is 1. The lowest BCUT2D eigenvalue weighted by Gasteiger charge is -2.38. The number of carbonyl (C=O) groups excluding carboxylic acids is 2. The monoisotopic (exact) mass is 505 g/mol. The molecule has 0 saturated carbocycles. The second-order valence-electron chi connectivity index (χ2n) is 9.20. The molecule has 0 bridgehead atoms. The Balaban J connectivity index is 2.37. The van der Waals surface area contributed by atoms with Crippen molar-refractivity contribution in [2.45, 2.75) is 65.8 Å². The van der Waals surface area contributed by atoms with E-state index in [1.165, 1.54) is 0 Å². The number of benzene rings is 1. The van der Waals surface area contributed by atoms with E-state index in [1.54, 1.807) is 46.3 Å². The molecule has 0 radical (unpaired) electrons. The van der Waals surface area contributed by atoms with E-state index in [0.29, 0.717) is 18.4 Å². The minimum atomic E-state index is -4.66. The maximum absolute atomic E-state index is 14.1. The van der Waals surface area contributed by atoms with Gasteiger partial charge in [-0.3, -0.25) is 9.57 Å². The number of hydrogen-bond acceptors (Lipinski definition) is 6. The third-order valence-electron chi connectivity index (χ3n) is 5.47. The molecule has 2 rings (SSSR count). The van der Waals surface area contributed by atoms with Gasteiger partial charge in [-0.05, 0) is 70.4 Å². The predicted molar refractivity (Wildman–Crippen MR) is 127 cm³/mol. The lowest BCUT2D eigenvalue weighted by atomic mass is 9.92. The molecule has 0 aliphatic carbocycles. The van der Waals surface area contributed by atoms with Crippen molar-refractivity contribution in [3.8, 4) is 0 Å². The van der Waals surface area contributed by atoms with Crippen LogP contribution in [0.4, 0.5) is 23.7 Å². The molecule has 1 aliphatic heterocycles. The second-order valence-corrected chi connectivity index (χ2v) is 11.5. The standard InChI is InChI=1S/C23H35F3N3O4P/c1-7-15-17(18(23(24,25)26)12-16(19(15)27)20(30)32-8-2)13-29-10-9-11-34(14-29)28(6)21(31)33-22(3,4)5/h12H,7-11,13-14,27H2,1-6H3/t34-/m0/s1. The molecule has 1 atom stereocenters. The molecule has 1 aromatic carbocycles. The van der Waals surface area contributed by atoms with Crippen molar-refractivity contribution in [2.24, 2.45) is 0 Å². The average molecular weight is 506 g/mol. The van der Waals surface area contributed by atoms with Crippen molar-refractivity contribution < 1.29 is 32.2 Å². The van der Waals surface area contributed by atoms with Crippen molar-refractivity contribution in [3.63, 3.8) is 0 Å². The summed E-state index contributed by atoms with van der Waals surface area (Å²) in [6.45, 7) is 9.30. The highest BCUT2D eigenvalue weighted by molar-refractivity contribution is 7.55. The van der Waals surface area contributed by atoms with Crippen LogP contribution >= 0.6 is 8.07 Å². The number of halogens is 3. The summed E-state index contributed by atoms with van der Waals surface area (Å²) in [5, 5.41) is 0. The Labute approximate surface area is 200 Å². The van der Waals surface area contributed by atoms with Crippen molar-refractivity contribution in [2.75, 3.05) is 38.4 Å². The molecule has 1 aliphatic rings. The van der Waals surface area contributed by atoms with Gasteiger partial charge in [-0.1, -0.05) is 6.92 Å². The fraction of sp³-hybridized carbons (Fsp3) is 0.652. The Morgan fingerprint density at radius 1 is 1.21 bits per heavy atom. The van der Waals surface area contributed by atoms with Gasteiger partial charge in [0.15, 0.2) is 0 Å². The number of nitrogens with zero attached hydrogens (tertiary/aromatic N) is 2. The minimum Gasteiger partial charge on any atom is -0.462 e. The van der Waals surface area contributed by atoms with Crippen LogP contribution in [0.5, 0.6) is 0 Å². The molecule has 2 N–H and O–H groups in total. The van der Waals surface area contributed by atoms with Crippen LogP contribution < -0.4 is 5.73 Å². The summed E-state index contributed by atoms with van der Waals surface area (Å²) in [7, 11) is 0.731. The van der Waals surface area contributed by atoms with Crippen LogP contribution in [0.15, 0.2) is 6.07 Å². The molecule has 1 saturated heterocycles. The van der Waals surface area contributed by atoms with Crippen LogP contribution in [0, 0.1) is 0 Å². The average Bonchev–Trinajstić information content (AvgIpc) is 2.71. The smallest absolute Gasteiger partial charge is 0.416 e. The normalized spacial score (nSPS) is 17.4. The molecular weight excluding hydrogens is 470 g/mol. The number of carbonyl (C=O) groups is 2. The fourth-order valence-electron chi connectivity index (χ4n) is 3.90. The van der Waals surface area contributed by atoms with Gasteiger partial charge >= 0.3 is 18.2 Å². The highest BCUT2D eigenvalue weighted by atomic mass is 31.1. The van der Waals surface area contributed by atoms with Gasteiger partial charge in [0.2, 0.25) is 0 Å². The summed E-state index contributed by atoms with van der Waals surface area (Å²) < 4.78 is 54.2. The van der Waals surface area contributed by atoms with Gasteiger partial charge in [-0.2, -0.15) is 13.2 Å². The van der Waals surface area contributed by atoms with Crippen molar-refractivity contribution in [1.82, 2.24) is 9.57 Å². The van der Waals surface area contributed by atoms with Gasteiger partial charge in [0, 0.05) is 33.6 Å². The van der Waals surface area contributed by atoms with Gasteiger partial charge in [0.25, 0.3) is 0 Å². The van der Waals surface area contributed by atoms with Gasteiger partial charge < -0.3 is 15.2 Å². The van der Waals surface area contributed by atoms with Crippen LogP contribution in [0.1, 0.15) is 68.1 Å². The number of amides is 1. The van der Waals surface area contributed by atoms with Gasteiger partial charge in [-0.15, -0.1) is 0 Å². The van der Waals surface area contributed by atoms with Crippen LogP contribution in [0.3, 0.4) is 0 Å². The number of hydrogen-bond donors (Lipinski definition) is 1. The van der Waals surface area contributed by atoms with Crippen LogP contribution in [0.25, 0.3) is 0 Å². The SMILES string of the molecule is CCOC(=O)c1cc(C(F)(F)F)c(CN2CCC[P@](N(C)C(=O)OC(C)(C)C)C2)c(CC)c1N. The number of rotatable bonds is 6. The molecule has 1 amide bonds. The third kappa shape index (κ3) is 6.98. The zero-order chi connectivity index (χ0) is 25.8. The largest absolute Gasteiger partial charge is 0.462 e. The van der Waals surface area contributed by atoms with Crippen LogP contribution in [-0.4, -0.2) is 59.9 Å². The molecule has 0 aromatic heterocycles. The molecule has 34 heavy (non-hydrogen) atoms. The summed E-state index contributed by atoms with van der Waals surface area (Å²) in [6.07, 6.45) is -2.87. The Bertz CT molecular complexity index is 903. The second kappa shape index (κ2) is 11.1. The number of alkyl halides is 3. The highest BCUT2D eigenvalue weighted by Gasteiger charge is 2.38. The van der Waals surface area contributed by atoms with E-state index in [0.717, 1.165) is 18.6 Å². The molecule has 7 nitrogen and oxygen atoms in total. The van der Waals surface area contributed by atoms with Gasteiger partial charge in [-0.25, -0.2) is 9.59 Å². The van der Waals surface area contributed by atoms with E-state index in [9.17, 15) is 22.8 Å². The Hall–Kier alpha value is -2.06. The quantitative estimate of drug-likeness (QED) is 0.314. The van der Waals surface area contributed by atoms with E-state index in [2.05, 4.69) is 0 Å². The van der Waals surface area contributed by atoms with E-state index < -0.39 is 37.5 Å². The zero-order valence-corrected chi connectivity index (χ0v) is 21.6. The summed E-state index contributed by atoms with van der Waals surface area (Å²) in [5.41, 5.74) is 4.78. The van der Waals surface area contributed by atoms with Crippen molar-refractivity contribution in [1.29, 1.82) is 0 Å². The summed E-state index contributed by atoms with van der Waals surface area (Å²) in [5.74, 6) is -0.868. The maximum Gasteiger partial charge on any atom is 0.416 e. The summed E-state index contributed by atoms with van der Waals surface area (Å²) in [4.78, 5) is 26.7. The van der Waals surface area contributed by atoms with Crippen LogP contribution in [0.2, 0.25) is 0 Å². The molecule has 0 unspecified atom stereocenters. The number of nitrogens with two attached hydrogens (primary N) is 1. The Kier molecular flexibility index (Phi) is 9.22. The van der Waals surface area contributed by atoms with Crippen molar-refractivity contribution >= 4 is 25.8 Å². The number of esters is 1. The fourth-order valence-corrected chi connectivity index (χ4v) is 6.01.